The molecule has 45 heavy (non-hydrogen) atoms. The normalized spacial score (nSPS) is 13.5. The van der Waals surface area contributed by atoms with Crippen molar-refractivity contribution in [3.8, 4) is 39.8 Å². The molecular weight excluding hydrogens is 575 g/mol. The van der Waals surface area contributed by atoms with Gasteiger partial charge in [-0.1, -0.05) is 24.3 Å². The number of phenolic OH excluding ortho intramolecular Hbond substituents is 1. The van der Waals surface area contributed by atoms with E-state index in [-0.39, 0.29) is 22.8 Å². The second-order valence-electron chi connectivity index (χ2n) is 10.7. The lowest BCUT2D eigenvalue weighted by atomic mass is 9.92. The van der Waals surface area contributed by atoms with Crippen LogP contribution in [0.3, 0.4) is 0 Å². The first-order valence-corrected chi connectivity index (χ1v) is 14.4. The summed E-state index contributed by atoms with van der Waals surface area (Å²) in [6, 6.07) is 16.1. The molecule has 0 bridgehead atoms. The quantitative estimate of drug-likeness (QED) is 0.116. The molecule has 11 heteroatoms. The van der Waals surface area contributed by atoms with Gasteiger partial charge in [0.2, 0.25) is 0 Å². The van der Waals surface area contributed by atoms with Crippen LogP contribution >= 0.6 is 0 Å². The van der Waals surface area contributed by atoms with Crippen LogP contribution in [0.25, 0.3) is 28.3 Å². The third-order valence-corrected chi connectivity index (χ3v) is 7.93. The van der Waals surface area contributed by atoms with E-state index >= 15 is 4.39 Å². The molecule has 1 amide bonds. The highest BCUT2D eigenvalue weighted by Gasteiger charge is 2.25. The van der Waals surface area contributed by atoms with E-state index < -0.39 is 11.7 Å². The summed E-state index contributed by atoms with van der Waals surface area (Å²) in [6.07, 6.45) is 7.91. The Morgan fingerprint density at radius 2 is 1.89 bits per heavy atom. The van der Waals surface area contributed by atoms with E-state index in [9.17, 15) is 15.2 Å². The predicted octanol–water partition coefficient (Wildman–Crippen LogP) is 5.12. The fraction of sp³-hybridized carbons (Fsp3) is 0.235. The number of methoxy groups -OCH3 is 1. The summed E-state index contributed by atoms with van der Waals surface area (Å²) in [5.74, 6) is -0.507. The highest BCUT2D eigenvalue weighted by molar-refractivity contribution is 5.91. The summed E-state index contributed by atoms with van der Waals surface area (Å²) < 4.78 is 20.4. The maximum absolute atomic E-state index is 15.3. The topological polar surface area (TPSA) is 144 Å². The van der Waals surface area contributed by atoms with E-state index in [4.69, 9.17) is 14.9 Å². The molecule has 10 nitrogen and oxygen atoms in total. The summed E-state index contributed by atoms with van der Waals surface area (Å²) >= 11 is 0. The largest absolute Gasteiger partial charge is 0.504 e. The Morgan fingerprint density at radius 1 is 1.13 bits per heavy atom. The molecule has 1 fully saturated rings. The molecule has 0 atom stereocenters. The van der Waals surface area contributed by atoms with Crippen molar-refractivity contribution >= 4 is 17.8 Å². The number of phenols is 1. The number of nitrogens with one attached hydrogen (secondary N) is 2. The molecule has 1 saturated heterocycles. The van der Waals surface area contributed by atoms with Gasteiger partial charge in [0.15, 0.2) is 11.5 Å². The van der Waals surface area contributed by atoms with Crippen molar-refractivity contribution in [3.05, 3.63) is 95.2 Å². The van der Waals surface area contributed by atoms with Crippen molar-refractivity contribution in [3.63, 3.8) is 0 Å². The summed E-state index contributed by atoms with van der Waals surface area (Å²) in [5, 5.41) is 31.9. The molecule has 0 aliphatic carbocycles. The summed E-state index contributed by atoms with van der Waals surface area (Å²) in [5.41, 5.74) is 6.75. The second kappa shape index (κ2) is 14.0. The van der Waals surface area contributed by atoms with Gasteiger partial charge in [-0.3, -0.25) is 10.0 Å². The Kier molecular flexibility index (Phi) is 9.67. The number of anilines is 1. The molecule has 0 spiro atoms. The third kappa shape index (κ3) is 7.09. The van der Waals surface area contributed by atoms with Crippen LogP contribution < -0.4 is 20.4 Å². The number of piperidine rings is 1. The van der Waals surface area contributed by atoms with Gasteiger partial charge in [-0.25, -0.2) is 19.8 Å². The smallest absolute Gasteiger partial charge is 0.267 e. The van der Waals surface area contributed by atoms with Crippen molar-refractivity contribution in [1.29, 1.82) is 5.26 Å². The zero-order chi connectivity index (χ0) is 31.9. The van der Waals surface area contributed by atoms with Crippen LogP contribution in [0.5, 0.6) is 11.5 Å². The molecule has 230 valence electrons. The maximum Gasteiger partial charge on any atom is 0.267 e. The highest BCUT2D eigenvalue weighted by atomic mass is 19.1. The van der Waals surface area contributed by atoms with Gasteiger partial charge in [-0.15, -0.1) is 0 Å². The van der Waals surface area contributed by atoms with Gasteiger partial charge in [0.25, 0.3) is 5.91 Å². The number of pyridine rings is 2. The Labute approximate surface area is 260 Å². The van der Waals surface area contributed by atoms with Gasteiger partial charge in [-0.2, -0.15) is 5.26 Å². The number of hydroxylamine groups is 1. The minimum Gasteiger partial charge on any atom is -0.504 e. The van der Waals surface area contributed by atoms with Gasteiger partial charge in [0.05, 0.1) is 7.11 Å². The van der Waals surface area contributed by atoms with E-state index in [0.717, 1.165) is 60.1 Å². The summed E-state index contributed by atoms with van der Waals surface area (Å²) in [7, 11) is 1.36. The van der Waals surface area contributed by atoms with Crippen molar-refractivity contribution < 1.29 is 24.2 Å². The number of carbonyl (C=O) groups excluding carboxylic acids is 1. The van der Waals surface area contributed by atoms with Gasteiger partial charge < -0.3 is 20.1 Å². The molecule has 2 aromatic carbocycles. The predicted molar refractivity (Wildman–Crippen MR) is 168 cm³/mol. The van der Waals surface area contributed by atoms with E-state index in [0.29, 0.717) is 23.7 Å². The number of halogens is 1. The number of rotatable bonds is 9. The first-order valence-electron chi connectivity index (χ1n) is 14.4. The number of benzene rings is 2. The van der Waals surface area contributed by atoms with Crippen LogP contribution in [0, 0.1) is 24.1 Å². The van der Waals surface area contributed by atoms with Crippen LogP contribution in [-0.4, -0.2) is 52.4 Å². The number of aromatic nitrogens is 2. The molecule has 0 unspecified atom stereocenters. The Morgan fingerprint density at radius 3 is 2.53 bits per heavy atom. The monoisotopic (exact) mass is 608 g/mol. The summed E-state index contributed by atoms with van der Waals surface area (Å²) in [6.45, 7) is 4.18. The minimum absolute atomic E-state index is 0.0366. The van der Waals surface area contributed by atoms with Crippen LogP contribution in [0.15, 0.2) is 67.0 Å². The molecule has 3 heterocycles. The van der Waals surface area contributed by atoms with Crippen molar-refractivity contribution in [2.45, 2.75) is 32.4 Å². The number of ether oxygens (including phenoxy) is 1. The molecule has 0 saturated carbocycles. The standard InChI is InChI=1S/C34H33FN6O4/c1-21-33(24-8-9-26(17-36)38-19-24)28(27-15-30(42)31(45-2)16-29(27)35)20-39-34(21)41-13-11-25(12-14-41)37-18-23-5-3-22(4-6-23)7-10-32(43)40-44/h3-10,15-16,19-20,25,37,42,44H,11-14,18H2,1-2H3,(H,40,43)/b10-7+. The van der Waals surface area contributed by atoms with Crippen LogP contribution in [0.4, 0.5) is 10.2 Å². The lowest BCUT2D eigenvalue weighted by Crippen LogP contribution is -2.42. The van der Waals surface area contributed by atoms with Gasteiger partial charge in [0, 0.05) is 72.5 Å². The number of carbonyl (C=O) groups is 1. The zero-order valence-electron chi connectivity index (χ0n) is 24.9. The first kappa shape index (κ1) is 31.1. The highest BCUT2D eigenvalue weighted by Crippen LogP contribution is 2.42. The molecule has 1 aliphatic rings. The van der Waals surface area contributed by atoms with Crippen LogP contribution in [0.1, 0.15) is 35.2 Å². The SMILES string of the molecule is COc1cc(F)c(-c2cnc(N3CCC(NCc4ccc(/C=C/C(=O)NO)cc4)CC3)c(C)c2-c2ccc(C#N)nc2)cc1O. The van der Waals surface area contributed by atoms with Crippen molar-refractivity contribution in [1.82, 2.24) is 20.8 Å². The summed E-state index contributed by atoms with van der Waals surface area (Å²) in [4.78, 5) is 22.4. The average Bonchev–Trinajstić information content (AvgIpc) is 3.07. The van der Waals surface area contributed by atoms with Gasteiger partial charge >= 0.3 is 0 Å². The Bertz CT molecular complexity index is 1740. The molecular formula is C34H33FN6O4. The van der Waals surface area contributed by atoms with E-state index in [1.807, 2.05) is 37.3 Å². The average molecular weight is 609 g/mol. The molecule has 2 aromatic heterocycles. The molecule has 1 aliphatic heterocycles. The Balaban J connectivity index is 1.33. The van der Waals surface area contributed by atoms with Crippen molar-refractivity contribution in [2.24, 2.45) is 0 Å². The van der Waals surface area contributed by atoms with E-state index in [1.54, 1.807) is 36.1 Å². The van der Waals surface area contributed by atoms with E-state index in [2.05, 4.69) is 15.2 Å². The molecule has 4 N–H and O–H groups in total. The minimum atomic E-state index is -0.581. The van der Waals surface area contributed by atoms with Gasteiger partial charge in [-0.05, 0) is 60.7 Å². The van der Waals surface area contributed by atoms with Crippen LogP contribution in [-0.2, 0) is 11.3 Å². The number of amides is 1. The molecule has 4 aromatic rings. The number of nitrogens with zero attached hydrogens (tertiary/aromatic N) is 4. The third-order valence-electron chi connectivity index (χ3n) is 7.93. The second-order valence-corrected chi connectivity index (χ2v) is 10.7. The number of hydrogen-bond acceptors (Lipinski definition) is 9. The number of hydrogen-bond donors (Lipinski definition) is 4. The first-order chi connectivity index (χ1) is 21.8. The fourth-order valence-electron chi connectivity index (χ4n) is 5.53. The van der Waals surface area contributed by atoms with Gasteiger partial charge in [0.1, 0.15) is 23.4 Å². The van der Waals surface area contributed by atoms with E-state index in [1.165, 1.54) is 19.3 Å². The Hall–Kier alpha value is -5.31. The molecule has 0 radical (unpaired) electrons. The number of nitriles is 1. The van der Waals surface area contributed by atoms with Crippen LogP contribution in [0.2, 0.25) is 0 Å². The fourth-order valence-corrected chi connectivity index (χ4v) is 5.53. The lowest BCUT2D eigenvalue weighted by molar-refractivity contribution is -0.124. The zero-order valence-corrected chi connectivity index (χ0v) is 24.9. The number of aromatic hydroxyl groups is 1. The van der Waals surface area contributed by atoms with Crippen molar-refractivity contribution in [2.75, 3.05) is 25.1 Å². The lowest BCUT2D eigenvalue weighted by Gasteiger charge is -2.34. The maximum atomic E-state index is 15.3. The molecule has 5 rings (SSSR count).